The average molecular weight is 382 g/mol. The topological polar surface area (TPSA) is 95.9 Å². The molecule has 2 atom stereocenters. The van der Waals surface area contributed by atoms with Gasteiger partial charge in [0.1, 0.15) is 24.4 Å². The highest BCUT2D eigenvalue weighted by atomic mass is 16.5. The number of carbonyl (C=O) groups excluding carboxylic acids is 2. The minimum absolute atomic E-state index is 0.0732. The first kappa shape index (κ1) is 19.4. The molecule has 7 nitrogen and oxygen atoms in total. The zero-order chi connectivity index (χ0) is 20.3. The maximum atomic E-state index is 12.5. The van der Waals surface area contributed by atoms with Crippen molar-refractivity contribution < 1.29 is 24.2 Å². The first-order valence-electron chi connectivity index (χ1n) is 9.03. The van der Waals surface area contributed by atoms with Gasteiger partial charge in [0.05, 0.1) is 0 Å². The van der Waals surface area contributed by atoms with Gasteiger partial charge in [-0.3, -0.25) is 4.79 Å². The van der Waals surface area contributed by atoms with Gasteiger partial charge in [0, 0.05) is 0 Å². The summed E-state index contributed by atoms with van der Waals surface area (Å²) in [7, 11) is 0. The molecule has 1 fully saturated rings. The van der Waals surface area contributed by atoms with Crippen molar-refractivity contribution in [2.24, 2.45) is 5.92 Å². The van der Waals surface area contributed by atoms with Crippen molar-refractivity contribution in [3.8, 4) is 16.9 Å². The van der Waals surface area contributed by atoms with Crippen LogP contribution >= 0.6 is 0 Å². The number of carbonyl (C=O) groups is 3. The molecule has 2 aromatic rings. The van der Waals surface area contributed by atoms with Crippen LogP contribution in [0.1, 0.15) is 13.8 Å². The van der Waals surface area contributed by atoms with Crippen LogP contribution in [0.5, 0.6) is 5.75 Å². The molecule has 146 valence electrons. The lowest BCUT2D eigenvalue weighted by Crippen LogP contribution is -2.48. The van der Waals surface area contributed by atoms with Gasteiger partial charge in [-0.05, 0) is 29.2 Å². The van der Waals surface area contributed by atoms with Crippen molar-refractivity contribution in [2.45, 2.75) is 25.9 Å². The van der Waals surface area contributed by atoms with E-state index in [0.717, 1.165) is 16.0 Å². The van der Waals surface area contributed by atoms with Gasteiger partial charge in [0.2, 0.25) is 0 Å². The molecule has 0 bridgehead atoms. The Morgan fingerprint density at radius 2 is 1.68 bits per heavy atom. The second-order valence-corrected chi connectivity index (χ2v) is 6.94. The second kappa shape index (κ2) is 8.12. The molecule has 1 heterocycles. The summed E-state index contributed by atoms with van der Waals surface area (Å²) in [5, 5.41) is 11.8. The van der Waals surface area contributed by atoms with Crippen LogP contribution in [0.15, 0.2) is 54.6 Å². The first-order chi connectivity index (χ1) is 13.4. The molecule has 3 amide bonds. The van der Waals surface area contributed by atoms with Gasteiger partial charge in [0.25, 0.3) is 5.91 Å². The Bertz CT molecular complexity index is 864. The Balaban J connectivity index is 1.64. The van der Waals surface area contributed by atoms with E-state index < -0.39 is 35.9 Å². The van der Waals surface area contributed by atoms with Gasteiger partial charge in [-0.25, -0.2) is 14.5 Å². The number of hydrogen-bond donors (Lipinski definition) is 2. The zero-order valence-corrected chi connectivity index (χ0v) is 15.7. The van der Waals surface area contributed by atoms with E-state index in [4.69, 9.17) is 4.74 Å². The summed E-state index contributed by atoms with van der Waals surface area (Å²) >= 11 is 0. The highest BCUT2D eigenvalue weighted by molar-refractivity contribution is 6.07. The zero-order valence-electron chi connectivity index (χ0n) is 15.7. The van der Waals surface area contributed by atoms with Crippen molar-refractivity contribution in [1.29, 1.82) is 0 Å². The number of urea groups is 1. The lowest BCUT2D eigenvalue weighted by Gasteiger charge is -2.24. The van der Waals surface area contributed by atoms with E-state index in [2.05, 4.69) is 5.32 Å². The van der Waals surface area contributed by atoms with Crippen LogP contribution in [0.25, 0.3) is 11.1 Å². The summed E-state index contributed by atoms with van der Waals surface area (Å²) in [6.45, 7) is 3.23. The molecule has 1 saturated heterocycles. The smallest absolute Gasteiger partial charge is 0.327 e. The molecule has 2 aromatic carbocycles. The van der Waals surface area contributed by atoms with E-state index in [1.807, 2.05) is 42.5 Å². The van der Waals surface area contributed by atoms with Crippen LogP contribution in [0.3, 0.4) is 0 Å². The molecule has 0 unspecified atom stereocenters. The number of ether oxygens (including phenoxy) is 1. The summed E-state index contributed by atoms with van der Waals surface area (Å²) in [5.41, 5.74) is 2.11. The van der Waals surface area contributed by atoms with Crippen LogP contribution in [0, 0.1) is 5.92 Å². The minimum Gasteiger partial charge on any atom is -0.491 e. The fourth-order valence-corrected chi connectivity index (χ4v) is 3.17. The molecule has 0 saturated carbocycles. The van der Waals surface area contributed by atoms with Crippen molar-refractivity contribution in [3.05, 3.63) is 54.6 Å². The van der Waals surface area contributed by atoms with Crippen molar-refractivity contribution in [3.63, 3.8) is 0 Å². The molecule has 28 heavy (non-hydrogen) atoms. The number of amides is 3. The van der Waals surface area contributed by atoms with E-state index in [9.17, 15) is 19.5 Å². The molecule has 7 heteroatoms. The highest BCUT2D eigenvalue weighted by Gasteiger charge is 2.46. The molecule has 2 N–H and O–H groups in total. The molecular weight excluding hydrogens is 360 g/mol. The Kier molecular flexibility index (Phi) is 5.63. The minimum atomic E-state index is -1.21. The maximum Gasteiger partial charge on any atom is 0.327 e. The van der Waals surface area contributed by atoms with Crippen molar-refractivity contribution in [2.75, 3.05) is 6.61 Å². The van der Waals surface area contributed by atoms with Crippen molar-refractivity contribution >= 4 is 17.9 Å². The quantitative estimate of drug-likeness (QED) is 0.718. The van der Waals surface area contributed by atoms with Crippen LogP contribution in [0.2, 0.25) is 0 Å². The van der Waals surface area contributed by atoms with Crippen molar-refractivity contribution in [1.82, 2.24) is 10.2 Å². The number of nitrogens with zero attached hydrogens (tertiary/aromatic N) is 1. The van der Waals surface area contributed by atoms with E-state index in [1.54, 1.807) is 26.0 Å². The lowest BCUT2D eigenvalue weighted by atomic mass is 10.0. The number of rotatable bonds is 7. The fourth-order valence-electron chi connectivity index (χ4n) is 3.17. The highest BCUT2D eigenvalue weighted by Crippen LogP contribution is 2.23. The van der Waals surface area contributed by atoms with Crippen LogP contribution in [-0.2, 0) is 9.59 Å². The molecule has 1 aliphatic heterocycles. The largest absolute Gasteiger partial charge is 0.491 e. The Hall–Kier alpha value is -3.35. The average Bonchev–Trinajstić information content (AvgIpc) is 2.95. The molecule has 3 rings (SSSR count). The number of carboxylic acids is 1. The third-order valence-electron chi connectivity index (χ3n) is 4.59. The number of hydrogen-bond acceptors (Lipinski definition) is 4. The maximum absolute atomic E-state index is 12.5. The summed E-state index contributed by atoms with van der Waals surface area (Å²) < 4.78 is 5.64. The Morgan fingerprint density at radius 1 is 1.07 bits per heavy atom. The molecular formula is C21H22N2O5. The number of nitrogens with one attached hydrogen (secondary N) is 1. The first-order valence-corrected chi connectivity index (χ1v) is 9.03. The van der Waals surface area contributed by atoms with E-state index in [1.165, 1.54) is 0 Å². The standard InChI is InChI=1S/C21H22N2O5/c1-13(2)18(20(25)26)23-19(24)17(22-21(23)27)12-28-16-10-8-15(9-11-16)14-6-4-3-5-7-14/h3-11,13,17-18H,12H2,1-2H3,(H,22,27)(H,25,26)/t17-,18+/m0/s1. The molecule has 1 aliphatic rings. The van der Waals surface area contributed by atoms with Crippen LogP contribution < -0.4 is 10.1 Å². The Morgan fingerprint density at radius 3 is 2.25 bits per heavy atom. The predicted octanol–water partition coefficient (Wildman–Crippen LogP) is 2.76. The molecule has 0 spiro atoms. The third-order valence-corrected chi connectivity index (χ3v) is 4.59. The summed E-state index contributed by atoms with van der Waals surface area (Å²) in [6, 6.07) is 14.4. The summed E-state index contributed by atoms with van der Waals surface area (Å²) in [4.78, 5) is 36.9. The SMILES string of the molecule is CC(C)[C@H](C(=O)O)N1C(=O)N[C@@H](COc2ccc(-c3ccccc3)cc2)C1=O. The molecule has 0 aliphatic carbocycles. The number of carboxylic acid groups (broad SMARTS) is 1. The monoisotopic (exact) mass is 382 g/mol. The van der Waals surface area contributed by atoms with Crippen LogP contribution in [-0.4, -0.2) is 46.6 Å². The number of benzene rings is 2. The summed E-state index contributed by atoms with van der Waals surface area (Å²) in [5.74, 6) is -1.65. The van der Waals surface area contributed by atoms with Gasteiger partial charge in [0.15, 0.2) is 0 Å². The third kappa shape index (κ3) is 3.98. The van der Waals surface area contributed by atoms with E-state index in [-0.39, 0.29) is 6.61 Å². The number of imide groups is 1. The Labute approximate surface area is 162 Å². The molecule has 0 aromatic heterocycles. The molecule has 0 radical (unpaired) electrons. The predicted molar refractivity (Wildman–Crippen MR) is 103 cm³/mol. The lowest BCUT2D eigenvalue weighted by molar-refractivity contribution is -0.148. The fraction of sp³-hybridized carbons (Fsp3) is 0.286. The van der Waals surface area contributed by atoms with Gasteiger partial charge >= 0.3 is 12.0 Å². The van der Waals surface area contributed by atoms with E-state index >= 15 is 0 Å². The van der Waals surface area contributed by atoms with Gasteiger partial charge in [-0.15, -0.1) is 0 Å². The second-order valence-electron chi connectivity index (χ2n) is 6.94. The summed E-state index contributed by atoms with van der Waals surface area (Å²) in [6.07, 6.45) is 0. The van der Waals surface area contributed by atoms with E-state index in [0.29, 0.717) is 5.75 Å². The number of aliphatic carboxylic acids is 1. The van der Waals surface area contributed by atoms with Crippen LogP contribution in [0.4, 0.5) is 4.79 Å². The van der Waals surface area contributed by atoms with Gasteiger partial charge < -0.3 is 15.2 Å². The normalized spacial score (nSPS) is 17.5. The van der Waals surface area contributed by atoms with Gasteiger partial charge in [-0.1, -0.05) is 56.3 Å². The van der Waals surface area contributed by atoms with Gasteiger partial charge in [-0.2, -0.15) is 0 Å².